The van der Waals surface area contributed by atoms with Crippen molar-refractivity contribution < 1.29 is 9.84 Å². The van der Waals surface area contributed by atoms with E-state index in [0.29, 0.717) is 17.6 Å². The molecule has 0 aromatic carbocycles. The van der Waals surface area contributed by atoms with Crippen LogP contribution >= 0.6 is 0 Å². The first-order valence-corrected chi connectivity index (χ1v) is 7.13. The third kappa shape index (κ3) is 3.21. The molecule has 1 aliphatic rings. The van der Waals surface area contributed by atoms with Crippen molar-refractivity contribution in [2.75, 3.05) is 13.2 Å². The number of aliphatic hydroxyl groups excluding tert-OH is 1. The largest absolute Gasteiger partial charge is 0.393 e. The van der Waals surface area contributed by atoms with Gasteiger partial charge in [-0.05, 0) is 46.1 Å². The van der Waals surface area contributed by atoms with E-state index in [1.165, 1.54) is 12.8 Å². The van der Waals surface area contributed by atoms with E-state index in [1.807, 2.05) is 6.92 Å². The summed E-state index contributed by atoms with van der Waals surface area (Å²) in [7, 11) is 0. The lowest BCUT2D eigenvalue weighted by Gasteiger charge is -2.55. The van der Waals surface area contributed by atoms with Crippen LogP contribution in [-0.2, 0) is 4.74 Å². The van der Waals surface area contributed by atoms with Crippen molar-refractivity contribution in [1.82, 2.24) is 5.32 Å². The molecule has 3 atom stereocenters. The fraction of sp³-hybridized carbons (Fsp3) is 1.00. The third-order valence-corrected chi connectivity index (χ3v) is 4.42. The highest BCUT2D eigenvalue weighted by molar-refractivity contribution is 5.06. The van der Waals surface area contributed by atoms with E-state index in [-0.39, 0.29) is 6.10 Å². The van der Waals surface area contributed by atoms with Gasteiger partial charge < -0.3 is 15.2 Å². The Labute approximate surface area is 106 Å². The fourth-order valence-corrected chi connectivity index (χ4v) is 3.13. The standard InChI is InChI=1S/C14H29NO2/c1-5-14(6-2)12(10-13(14)17-7-3)15-9-8-11(4)16/h11-13,15-16H,5-10H2,1-4H3. The summed E-state index contributed by atoms with van der Waals surface area (Å²) in [5, 5.41) is 12.9. The highest BCUT2D eigenvalue weighted by Crippen LogP contribution is 2.48. The summed E-state index contributed by atoms with van der Waals surface area (Å²) >= 11 is 0. The molecule has 3 heteroatoms. The summed E-state index contributed by atoms with van der Waals surface area (Å²) < 4.78 is 5.84. The Morgan fingerprint density at radius 3 is 2.47 bits per heavy atom. The van der Waals surface area contributed by atoms with Crippen molar-refractivity contribution >= 4 is 0 Å². The average molecular weight is 243 g/mol. The van der Waals surface area contributed by atoms with Gasteiger partial charge in [0.05, 0.1) is 12.2 Å². The van der Waals surface area contributed by atoms with Crippen LogP contribution in [0.5, 0.6) is 0 Å². The van der Waals surface area contributed by atoms with Crippen molar-refractivity contribution in [1.29, 1.82) is 0 Å². The lowest BCUT2D eigenvalue weighted by atomic mass is 9.58. The van der Waals surface area contributed by atoms with Gasteiger partial charge in [0.2, 0.25) is 0 Å². The second-order valence-corrected chi connectivity index (χ2v) is 5.26. The Kier molecular flexibility index (Phi) is 5.90. The summed E-state index contributed by atoms with van der Waals surface area (Å²) in [5.41, 5.74) is 0.314. The van der Waals surface area contributed by atoms with Crippen LogP contribution in [0.15, 0.2) is 0 Å². The van der Waals surface area contributed by atoms with Crippen LogP contribution in [0.2, 0.25) is 0 Å². The van der Waals surface area contributed by atoms with Gasteiger partial charge in [0.25, 0.3) is 0 Å². The molecule has 17 heavy (non-hydrogen) atoms. The van der Waals surface area contributed by atoms with Crippen molar-refractivity contribution in [2.24, 2.45) is 5.41 Å². The normalized spacial score (nSPS) is 28.8. The minimum absolute atomic E-state index is 0.206. The summed E-state index contributed by atoms with van der Waals surface area (Å²) in [6.45, 7) is 10.2. The molecule has 0 bridgehead atoms. The van der Waals surface area contributed by atoms with Crippen LogP contribution in [0.25, 0.3) is 0 Å². The van der Waals surface area contributed by atoms with Gasteiger partial charge in [0, 0.05) is 18.1 Å². The van der Waals surface area contributed by atoms with E-state index >= 15 is 0 Å². The van der Waals surface area contributed by atoms with Crippen LogP contribution in [0, 0.1) is 5.41 Å². The number of aliphatic hydroxyl groups is 1. The number of rotatable bonds is 8. The maximum atomic E-state index is 9.27. The minimum Gasteiger partial charge on any atom is -0.393 e. The molecular formula is C14H29NO2. The van der Waals surface area contributed by atoms with Crippen LogP contribution in [0.3, 0.4) is 0 Å². The zero-order valence-electron chi connectivity index (χ0n) is 11.8. The van der Waals surface area contributed by atoms with Crippen LogP contribution < -0.4 is 5.32 Å². The molecule has 0 spiro atoms. The Balaban J connectivity index is 2.45. The molecule has 3 unspecified atom stereocenters. The number of hydrogen-bond donors (Lipinski definition) is 2. The van der Waals surface area contributed by atoms with Gasteiger partial charge in [-0.15, -0.1) is 0 Å². The molecule has 0 aromatic heterocycles. The molecule has 0 saturated heterocycles. The van der Waals surface area contributed by atoms with Crippen molar-refractivity contribution in [3.63, 3.8) is 0 Å². The molecule has 0 radical (unpaired) electrons. The maximum Gasteiger partial charge on any atom is 0.0660 e. The maximum absolute atomic E-state index is 9.27. The molecule has 1 fully saturated rings. The molecule has 1 saturated carbocycles. The van der Waals surface area contributed by atoms with Gasteiger partial charge in [-0.25, -0.2) is 0 Å². The van der Waals surface area contributed by atoms with Gasteiger partial charge in [0.1, 0.15) is 0 Å². The SMILES string of the molecule is CCOC1CC(NCCC(C)O)C1(CC)CC. The summed E-state index contributed by atoms with van der Waals surface area (Å²) in [5.74, 6) is 0. The zero-order chi connectivity index (χ0) is 12.9. The fourth-order valence-electron chi connectivity index (χ4n) is 3.13. The Morgan fingerprint density at radius 1 is 1.35 bits per heavy atom. The smallest absolute Gasteiger partial charge is 0.0660 e. The first-order valence-electron chi connectivity index (χ1n) is 7.13. The molecule has 0 aromatic rings. The van der Waals surface area contributed by atoms with E-state index in [1.54, 1.807) is 0 Å². The summed E-state index contributed by atoms with van der Waals surface area (Å²) in [6, 6.07) is 0.563. The van der Waals surface area contributed by atoms with Gasteiger partial charge in [-0.3, -0.25) is 0 Å². The van der Waals surface area contributed by atoms with Crippen LogP contribution in [0.1, 0.15) is 53.4 Å². The Hall–Kier alpha value is -0.120. The number of ether oxygens (including phenoxy) is 1. The lowest BCUT2D eigenvalue weighted by molar-refractivity contribution is -0.137. The first-order chi connectivity index (χ1) is 8.10. The first kappa shape index (κ1) is 14.9. The Bertz CT molecular complexity index is 214. The summed E-state index contributed by atoms with van der Waals surface area (Å²) in [6.07, 6.45) is 4.50. The number of nitrogens with one attached hydrogen (secondary N) is 1. The predicted octanol–water partition coefficient (Wildman–Crippen LogP) is 2.33. The Morgan fingerprint density at radius 2 is 2.00 bits per heavy atom. The van der Waals surface area contributed by atoms with Crippen molar-refractivity contribution in [3.8, 4) is 0 Å². The van der Waals surface area contributed by atoms with Gasteiger partial charge >= 0.3 is 0 Å². The molecule has 1 aliphatic carbocycles. The zero-order valence-corrected chi connectivity index (χ0v) is 11.8. The van der Waals surface area contributed by atoms with Crippen LogP contribution in [0.4, 0.5) is 0 Å². The average Bonchev–Trinajstić information content (AvgIpc) is 2.28. The van der Waals surface area contributed by atoms with E-state index in [0.717, 1.165) is 26.0 Å². The molecule has 0 aliphatic heterocycles. The van der Waals surface area contributed by atoms with E-state index in [9.17, 15) is 5.11 Å². The highest BCUT2D eigenvalue weighted by Gasteiger charge is 2.52. The quantitative estimate of drug-likeness (QED) is 0.687. The molecule has 1 rings (SSSR count). The van der Waals surface area contributed by atoms with E-state index in [2.05, 4.69) is 26.1 Å². The van der Waals surface area contributed by atoms with E-state index in [4.69, 9.17) is 4.74 Å². The summed E-state index contributed by atoms with van der Waals surface area (Å²) in [4.78, 5) is 0. The topological polar surface area (TPSA) is 41.5 Å². The van der Waals surface area contributed by atoms with Gasteiger partial charge in [-0.1, -0.05) is 13.8 Å². The minimum atomic E-state index is -0.206. The molecule has 0 heterocycles. The van der Waals surface area contributed by atoms with Crippen molar-refractivity contribution in [3.05, 3.63) is 0 Å². The highest BCUT2D eigenvalue weighted by atomic mass is 16.5. The second kappa shape index (κ2) is 6.72. The van der Waals surface area contributed by atoms with E-state index < -0.39 is 0 Å². The lowest BCUT2D eigenvalue weighted by Crippen LogP contribution is -2.63. The van der Waals surface area contributed by atoms with Gasteiger partial charge in [0.15, 0.2) is 0 Å². The predicted molar refractivity (Wildman–Crippen MR) is 71.1 cm³/mol. The molecular weight excluding hydrogens is 214 g/mol. The molecule has 3 nitrogen and oxygen atoms in total. The number of hydrogen-bond acceptors (Lipinski definition) is 3. The van der Waals surface area contributed by atoms with Gasteiger partial charge in [-0.2, -0.15) is 0 Å². The monoisotopic (exact) mass is 243 g/mol. The third-order valence-electron chi connectivity index (χ3n) is 4.42. The van der Waals surface area contributed by atoms with Crippen molar-refractivity contribution in [2.45, 2.75) is 71.6 Å². The second-order valence-electron chi connectivity index (χ2n) is 5.26. The molecule has 2 N–H and O–H groups in total. The van der Waals surface area contributed by atoms with Crippen LogP contribution in [-0.4, -0.2) is 36.5 Å². The molecule has 0 amide bonds. The molecule has 102 valence electrons.